The first-order chi connectivity index (χ1) is 11.3. The summed E-state index contributed by atoms with van der Waals surface area (Å²) in [6, 6.07) is -0.617. The molecule has 11 heteroatoms. The van der Waals surface area contributed by atoms with Crippen LogP contribution in [0.15, 0.2) is 6.07 Å². The van der Waals surface area contributed by atoms with Crippen LogP contribution >= 0.6 is 23.2 Å². The van der Waals surface area contributed by atoms with Crippen molar-refractivity contribution in [2.75, 3.05) is 0 Å². The number of hydrogen-bond acceptors (Lipinski definition) is 6. The summed E-state index contributed by atoms with van der Waals surface area (Å²) in [5.74, 6) is -2.03. The van der Waals surface area contributed by atoms with E-state index in [1.165, 1.54) is 0 Å². The number of nitro benzene ring substituents is 1. The number of carbonyl (C=O) groups excluding carboxylic acids is 1. The number of carbonyl (C=O) groups is 2. The van der Waals surface area contributed by atoms with E-state index in [0.29, 0.717) is 0 Å². The lowest BCUT2D eigenvalue weighted by Gasteiger charge is -2.22. The highest BCUT2D eigenvalue weighted by Gasteiger charge is 2.28. The van der Waals surface area contributed by atoms with Gasteiger partial charge in [-0.25, -0.2) is 9.59 Å². The van der Waals surface area contributed by atoms with Crippen LogP contribution in [0.2, 0.25) is 10.0 Å². The monoisotopic (exact) mass is 394 g/mol. The highest BCUT2D eigenvalue weighted by molar-refractivity contribution is 6.44. The first-order valence-corrected chi connectivity index (χ1v) is 7.65. The molecule has 0 aliphatic heterocycles. The Balaban J connectivity index is 3.13. The van der Waals surface area contributed by atoms with E-state index in [1.54, 1.807) is 20.8 Å². The molecular formula is C14H16Cl2N2O7. The van der Waals surface area contributed by atoms with Crippen molar-refractivity contribution < 1.29 is 29.5 Å². The number of phenolic OH excluding ortho intramolecular Hbond substituents is 1. The van der Waals surface area contributed by atoms with Crippen LogP contribution in [0.25, 0.3) is 0 Å². The fourth-order valence-corrected chi connectivity index (χ4v) is 2.24. The molecule has 1 atom stereocenters. The largest absolute Gasteiger partial charge is 0.506 e. The first-order valence-electron chi connectivity index (χ1n) is 6.90. The SMILES string of the molecule is CC(C)(C)OC(=O)NC(Cc1cc([N+](=O)[O-])c(Cl)c(Cl)c1O)C(=O)O. The topological polar surface area (TPSA) is 139 Å². The van der Waals surface area contributed by atoms with Crippen LogP contribution in [0, 0.1) is 10.1 Å². The van der Waals surface area contributed by atoms with Gasteiger partial charge in [-0.2, -0.15) is 0 Å². The second kappa shape index (κ2) is 7.75. The number of nitrogens with zero attached hydrogens (tertiary/aromatic N) is 1. The first kappa shape index (κ1) is 20.8. The summed E-state index contributed by atoms with van der Waals surface area (Å²) in [6.45, 7) is 4.78. The Hall–Kier alpha value is -2.26. The van der Waals surface area contributed by atoms with Gasteiger partial charge in [-0.1, -0.05) is 23.2 Å². The lowest BCUT2D eigenvalue weighted by Crippen LogP contribution is -2.44. The molecule has 1 rings (SSSR count). The van der Waals surface area contributed by atoms with E-state index < -0.39 is 56.5 Å². The quantitative estimate of drug-likeness (QED) is 0.514. The zero-order chi connectivity index (χ0) is 19.5. The smallest absolute Gasteiger partial charge is 0.408 e. The Morgan fingerprint density at radius 1 is 1.36 bits per heavy atom. The van der Waals surface area contributed by atoms with Crippen molar-refractivity contribution >= 4 is 41.0 Å². The van der Waals surface area contributed by atoms with Crippen molar-refractivity contribution in [2.45, 2.75) is 38.8 Å². The van der Waals surface area contributed by atoms with Crippen LogP contribution in [0.3, 0.4) is 0 Å². The third kappa shape index (κ3) is 5.64. The highest BCUT2D eigenvalue weighted by atomic mass is 35.5. The minimum Gasteiger partial charge on any atom is -0.506 e. The molecule has 9 nitrogen and oxygen atoms in total. The lowest BCUT2D eigenvalue weighted by atomic mass is 10.0. The van der Waals surface area contributed by atoms with E-state index >= 15 is 0 Å². The molecule has 0 aliphatic carbocycles. The normalized spacial score (nSPS) is 12.4. The van der Waals surface area contributed by atoms with Crippen LogP contribution < -0.4 is 5.32 Å². The van der Waals surface area contributed by atoms with Crippen LogP contribution in [0.5, 0.6) is 5.75 Å². The van der Waals surface area contributed by atoms with Gasteiger partial charge in [0.1, 0.15) is 27.4 Å². The van der Waals surface area contributed by atoms with Gasteiger partial charge in [0.2, 0.25) is 0 Å². The van der Waals surface area contributed by atoms with Crippen molar-refractivity contribution in [2.24, 2.45) is 0 Å². The minimum absolute atomic E-state index is 0.162. The number of nitro groups is 1. The number of carboxylic acid groups (broad SMARTS) is 1. The summed E-state index contributed by atoms with van der Waals surface area (Å²) in [4.78, 5) is 33.2. The number of aromatic hydroxyl groups is 1. The Morgan fingerprint density at radius 3 is 2.36 bits per heavy atom. The number of hydrogen-bond donors (Lipinski definition) is 3. The van der Waals surface area contributed by atoms with Gasteiger partial charge in [0, 0.05) is 18.1 Å². The van der Waals surface area contributed by atoms with E-state index in [-0.39, 0.29) is 5.56 Å². The maximum absolute atomic E-state index is 11.7. The van der Waals surface area contributed by atoms with E-state index in [1.807, 2.05) is 0 Å². The number of halogens is 2. The molecule has 0 saturated carbocycles. The predicted octanol–water partition coefficient (Wildman–Crippen LogP) is 3.13. The van der Waals surface area contributed by atoms with Crippen LogP contribution in [0.1, 0.15) is 26.3 Å². The van der Waals surface area contributed by atoms with Crippen molar-refractivity contribution in [3.05, 3.63) is 31.8 Å². The molecule has 25 heavy (non-hydrogen) atoms. The number of benzene rings is 1. The number of aliphatic carboxylic acids is 1. The number of alkyl carbamates (subject to hydrolysis) is 1. The van der Waals surface area contributed by atoms with E-state index in [9.17, 15) is 29.9 Å². The zero-order valence-corrected chi connectivity index (χ0v) is 15.0. The maximum atomic E-state index is 11.7. The maximum Gasteiger partial charge on any atom is 0.408 e. The molecule has 1 unspecified atom stereocenters. The van der Waals surface area contributed by atoms with Crippen LogP contribution in [-0.4, -0.2) is 38.8 Å². The predicted molar refractivity (Wildman–Crippen MR) is 89.3 cm³/mol. The number of carboxylic acids is 1. The molecule has 1 aromatic rings. The molecule has 0 fully saturated rings. The van der Waals surface area contributed by atoms with E-state index in [0.717, 1.165) is 6.07 Å². The molecule has 0 heterocycles. The third-order valence-corrected chi connectivity index (χ3v) is 3.70. The molecule has 138 valence electrons. The zero-order valence-electron chi connectivity index (χ0n) is 13.5. The third-order valence-electron chi connectivity index (χ3n) is 2.85. The number of amides is 1. The van der Waals surface area contributed by atoms with Crippen LogP contribution in [0.4, 0.5) is 10.5 Å². The average molecular weight is 395 g/mol. The van der Waals surface area contributed by atoms with E-state index in [4.69, 9.17) is 27.9 Å². The van der Waals surface area contributed by atoms with Crippen molar-refractivity contribution in [1.82, 2.24) is 5.32 Å². The summed E-state index contributed by atoms with van der Waals surface area (Å²) >= 11 is 11.4. The van der Waals surface area contributed by atoms with Gasteiger partial charge in [0.05, 0.1) is 4.92 Å². The molecule has 1 aromatic carbocycles. The fraction of sp³-hybridized carbons (Fsp3) is 0.429. The van der Waals surface area contributed by atoms with Gasteiger partial charge >= 0.3 is 12.1 Å². The second-order valence-electron chi connectivity index (χ2n) is 6.03. The summed E-state index contributed by atoms with van der Waals surface area (Å²) < 4.78 is 4.96. The van der Waals surface area contributed by atoms with Gasteiger partial charge in [-0.3, -0.25) is 10.1 Å². The van der Waals surface area contributed by atoms with Gasteiger partial charge in [0.15, 0.2) is 0 Å². The van der Waals surface area contributed by atoms with Gasteiger partial charge in [0.25, 0.3) is 5.69 Å². The van der Waals surface area contributed by atoms with Crippen molar-refractivity contribution in [3.63, 3.8) is 0 Å². The van der Waals surface area contributed by atoms with Gasteiger partial charge < -0.3 is 20.3 Å². The van der Waals surface area contributed by atoms with Crippen molar-refractivity contribution in [3.8, 4) is 5.75 Å². The molecule has 1 amide bonds. The Bertz CT molecular complexity index is 716. The molecule has 0 aromatic heterocycles. The Kier molecular flexibility index (Phi) is 6.44. The number of ether oxygens (including phenoxy) is 1. The Morgan fingerprint density at radius 2 is 1.92 bits per heavy atom. The molecule has 0 bridgehead atoms. The summed E-state index contributed by atoms with van der Waals surface area (Å²) in [5, 5.41) is 31.3. The molecule has 0 aliphatic rings. The van der Waals surface area contributed by atoms with Crippen molar-refractivity contribution in [1.29, 1.82) is 0 Å². The van der Waals surface area contributed by atoms with Gasteiger partial charge in [-0.05, 0) is 20.8 Å². The Labute approximate surface area is 152 Å². The fourth-order valence-electron chi connectivity index (χ4n) is 1.81. The summed E-state index contributed by atoms with van der Waals surface area (Å²) in [6.07, 6.45) is -1.47. The molecule has 3 N–H and O–H groups in total. The standard InChI is InChI=1S/C14H16Cl2N2O7/c1-14(2,3)25-13(22)17-7(12(20)21)4-6-5-8(18(23)24)9(15)10(16)11(6)19/h5,7,19H,4H2,1-3H3,(H,17,22)(H,20,21). The molecular weight excluding hydrogens is 379 g/mol. The number of phenols is 1. The number of nitrogens with one attached hydrogen (secondary N) is 1. The second-order valence-corrected chi connectivity index (χ2v) is 6.79. The molecule has 0 spiro atoms. The lowest BCUT2D eigenvalue weighted by molar-refractivity contribution is -0.384. The van der Waals surface area contributed by atoms with E-state index in [2.05, 4.69) is 5.32 Å². The summed E-state index contributed by atoms with van der Waals surface area (Å²) in [7, 11) is 0. The average Bonchev–Trinajstić information content (AvgIpc) is 2.44. The summed E-state index contributed by atoms with van der Waals surface area (Å²) in [5.41, 5.74) is -1.61. The minimum atomic E-state index is -1.52. The number of rotatable bonds is 5. The molecule has 0 saturated heterocycles. The highest BCUT2D eigenvalue weighted by Crippen LogP contribution is 2.41. The van der Waals surface area contributed by atoms with Crippen LogP contribution in [-0.2, 0) is 16.0 Å². The molecule has 0 radical (unpaired) electrons. The van der Waals surface area contributed by atoms with Gasteiger partial charge in [-0.15, -0.1) is 0 Å².